The summed E-state index contributed by atoms with van der Waals surface area (Å²) in [5.41, 5.74) is 2.86. The van der Waals surface area contributed by atoms with E-state index in [2.05, 4.69) is 34.2 Å². The first-order chi connectivity index (χ1) is 12.6. The lowest BCUT2D eigenvalue weighted by atomic mass is 10.2. The molecule has 0 radical (unpaired) electrons. The van der Waals surface area contributed by atoms with Crippen LogP contribution in [0.1, 0.15) is 35.7 Å². The molecule has 0 unspecified atom stereocenters. The molecule has 0 fully saturated rings. The number of thiocarbonyl (C=S) groups is 1. The standard InChI is InChI=1S/C20H21BrN2O2S/c1-2-3-12-25-18-9-8-15(13-16(18)21)19(24)22-20(26)23-11-10-14-6-4-5-7-17(14)23/h4-9,13H,2-3,10-12H2,1H3,(H,22,24,26). The van der Waals surface area contributed by atoms with Crippen LogP contribution in [-0.4, -0.2) is 24.2 Å². The highest BCUT2D eigenvalue weighted by atomic mass is 79.9. The molecule has 0 aromatic heterocycles. The van der Waals surface area contributed by atoms with Crippen molar-refractivity contribution < 1.29 is 9.53 Å². The fourth-order valence-electron chi connectivity index (χ4n) is 2.87. The molecule has 0 saturated carbocycles. The second-order valence-corrected chi connectivity index (χ2v) is 7.38. The first-order valence-electron chi connectivity index (χ1n) is 8.73. The van der Waals surface area contributed by atoms with Crippen LogP contribution in [-0.2, 0) is 6.42 Å². The van der Waals surface area contributed by atoms with Gasteiger partial charge in [0.2, 0.25) is 0 Å². The van der Waals surface area contributed by atoms with Gasteiger partial charge in [0, 0.05) is 17.8 Å². The number of amides is 1. The van der Waals surface area contributed by atoms with Gasteiger partial charge in [-0.2, -0.15) is 0 Å². The quantitative estimate of drug-likeness (QED) is 0.548. The van der Waals surface area contributed by atoms with Crippen molar-refractivity contribution in [2.24, 2.45) is 0 Å². The molecular formula is C20H21BrN2O2S. The summed E-state index contributed by atoms with van der Waals surface area (Å²) in [6.45, 7) is 3.57. The van der Waals surface area contributed by atoms with Crippen molar-refractivity contribution in [2.45, 2.75) is 26.2 Å². The molecule has 4 nitrogen and oxygen atoms in total. The number of benzene rings is 2. The number of carbonyl (C=O) groups is 1. The van der Waals surface area contributed by atoms with Crippen LogP contribution in [0.5, 0.6) is 5.75 Å². The molecule has 1 N–H and O–H groups in total. The summed E-state index contributed by atoms with van der Waals surface area (Å²) < 4.78 is 6.46. The molecule has 1 aliphatic rings. The van der Waals surface area contributed by atoms with E-state index in [4.69, 9.17) is 17.0 Å². The molecular weight excluding hydrogens is 412 g/mol. The fraction of sp³-hybridized carbons (Fsp3) is 0.300. The molecule has 0 spiro atoms. The molecule has 2 aromatic rings. The van der Waals surface area contributed by atoms with Gasteiger partial charge in [-0.05, 0) is 70.8 Å². The Hall–Kier alpha value is -1.92. The zero-order chi connectivity index (χ0) is 18.5. The SMILES string of the molecule is CCCCOc1ccc(C(=O)NC(=S)N2CCc3ccccc32)cc1Br. The van der Waals surface area contributed by atoms with Gasteiger partial charge in [0.25, 0.3) is 5.91 Å². The van der Waals surface area contributed by atoms with Gasteiger partial charge in [0.1, 0.15) is 5.75 Å². The highest BCUT2D eigenvalue weighted by Gasteiger charge is 2.23. The molecule has 0 aliphatic carbocycles. The van der Waals surface area contributed by atoms with Crippen molar-refractivity contribution in [1.29, 1.82) is 0 Å². The minimum Gasteiger partial charge on any atom is -0.492 e. The Morgan fingerprint density at radius 2 is 2.12 bits per heavy atom. The van der Waals surface area contributed by atoms with E-state index in [1.165, 1.54) is 5.56 Å². The van der Waals surface area contributed by atoms with E-state index >= 15 is 0 Å². The van der Waals surface area contributed by atoms with E-state index in [9.17, 15) is 4.79 Å². The predicted molar refractivity (Wildman–Crippen MR) is 112 cm³/mol. The van der Waals surface area contributed by atoms with Crippen LogP contribution in [0, 0.1) is 0 Å². The van der Waals surface area contributed by atoms with Crippen LogP contribution >= 0.6 is 28.1 Å². The lowest BCUT2D eigenvalue weighted by Crippen LogP contribution is -2.41. The lowest BCUT2D eigenvalue weighted by molar-refractivity contribution is 0.0977. The number of fused-ring (bicyclic) bond motifs is 1. The summed E-state index contributed by atoms with van der Waals surface area (Å²) in [6.07, 6.45) is 3.01. The lowest BCUT2D eigenvalue weighted by Gasteiger charge is -2.20. The first kappa shape index (κ1) is 18.9. The Labute approximate surface area is 167 Å². The fourth-order valence-corrected chi connectivity index (χ4v) is 3.65. The number of anilines is 1. The van der Waals surface area contributed by atoms with Crippen LogP contribution in [0.3, 0.4) is 0 Å². The van der Waals surface area contributed by atoms with E-state index in [1.807, 2.05) is 29.2 Å². The summed E-state index contributed by atoms with van der Waals surface area (Å²) in [5, 5.41) is 3.26. The number of nitrogens with one attached hydrogen (secondary N) is 1. The highest BCUT2D eigenvalue weighted by Crippen LogP contribution is 2.28. The largest absolute Gasteiger partial charge is 0.492 e. The monoisotopic (exact) mass is 432 g/mol. The van der Waals surface area contributed by atoms with Gasteiger partial charge in [0.05, 0.1) is 11.1 Å². The van der Waals surface area contributed by atoms with Crippen molar-refractivity contribution in [3.63, 3.8) is 0 Å². The van der Waals surface area contributed by atoms with Gasteiger partial charge in [-0.15, -0.1) is 0 Å². The number of unbranched alkanes of at least 4 members (excludes halogenated alkanes) is 1. The minimum atomic E-state index is -0.222. The van der Waals surface area contributed by atoms with E-state index in [1.54, 1.807) is 12.1 Å². The molecule has 1 amide bonds. The summed E-state index contributed by atoms with van der Waals surface area (Å²) >= 11 is 8.93. The van der Waals surface area contributed by atoms with Gasteiger partial charge in [0.15, 0.2) is 5.11 Å². The number of rotatable bonds is 5. The van der Waals surface area contributed by atoms with Crippen LogP contribution < -0.4 is 15.0 Å². The maximum atomic E-state index is 12.6. The number of hydrogen-bond acceptors (Lipinski definition) is 3. The van der Waals surface area contributed by atoms with Crippen molar-refractivity contribution in [1.82, 2.24) is 5.32 Å². The van der Waals surface area contributed by atoms with Crippen LogP contribution in [0.25, 0.3) is 0 Å². The molecule has 136 valence electrons. The zero-order valence-corrected chi connectivity index (χ0v) is 17.0. The van der Waals surface area contributed by atoms with Crippen molar-refractivity contribution in [3.05, 3.63) is 58.1 Å². The third-order valence-electron chi connectivity index (χ3n) is 4.30. The summed E-state index contributed by atoms with van der Waals surface area (Å²) in [7, 11) is 0. The smallest absolute Gasteiger partial charge is 0.257 e. The molecule has 0 atom stereocenters. The van der Waals surface area contributed by atoms with Gasteiger partial charge >= 0.3 is 0 Å². The van der Waals surface area contributed by atoms with Gasteiger partial charge in [-0.25, -0.2) is 0 Å². The Balaban J connectivity index is 1.65. The second kappa shape index (κ2) is 8.64. The average molecular weight is 433 g/mol. The number of hydrogen-bond donors (Lipinski definition) is 1. The third-order valence-corrected chi connectivity index (χ3v) is 5.24. The first-order valence-corrected chi connectivity index (χ1v) is 9.93. The number of halogens is 1. The Morgan fingerprint density at radius 3 is 2.88 bits per heavy atom. The predicted octanol–water partition coefficient (Wildman–Crippen LogP) is 4.71. The molecule has 1 aliphatic heterocycles. The minimum absolute atomic E-state index is 0.222. The maximum Gasteiger partial charge on any atom is 0.257 e. The molecule has 26 heavy (non-hydrogen) atoms. The number of carbonyl (C=O) groups excluding carboxylic acids is 1. The Kier molecular flexibility index (Phi) is 6.27. The topological polar surface area (TPSA) is 41.6 Å². The number of nitrogens with zero attached hydrogens (tertiary/aromatic N) is 1. The number of ether oxygens (including phenoxy) is 1. The molecule has 1 heterocycles. The third kappa shape index (κ3) is 4.24. The molecule has 6 heteroatoms. The Morgan fingerprint density at radius 1 is 1.31 bits per heavy atom. The summed E-state index contributed by atoms with van der Waals surface area (Å²) in [6, 6.07) is 13.4. The van der Waals surface area contributed by atoms with Crippen molar-refractivity contribution in [3.8, 4) is 5.75 Å². The molecule has 0 saturated heterocycles. The molecule has 0 bridgehead atoms. The maximum absolute atomic E-state index is 12.6. The van der Waals surface area contributed by atoms with E-state index in [-0.39, 0.29) is 5.91 Å². The number of para-hydroxylation sites is 1. The highest BCUT2D eigenvalue weighted by molar-refractivity contribution is 9.10. The van der Waals surface area contributed by atoms with Crippen molar-refractivity contribution in [2.75, 3.05) is 18.1 Å². The van der Waals surface area contributed by atoms with E-state index in [0.29, 0.717) is 17.3 Å². The molecule has 2 aromatic carbocycles. The van der Waals surface area contributed by atoms with E-state index < -0.39 is 0 Å². The van der Waals surface area contributed by atoms with Gasteiger partial charge in [-0.1, -0.05) is 31.5 Å². The van der Waals surface area contributed by atoms with E-state index in [0.717, 1.165) is 41.7 Å². The summed E-state index contributed by atoms with van der Waals surface area (Å²) in [5.74, 6) is 0.520. The second-order valence-electron chi connectivity index (χ2n) is 6.14. The van der Waals surface area contributed by atoms with Gasteiger partial charge < -0.3 is 9.64 Å². The average Bonchev–Trinajstić information content (AvgIpc) is 3.07. The van der Waals surface area contributed by atoms with Crippen LogP contribution in [0.2, 0.25) is 0 Å². The zero-order valence-electron chi connectivity index (χ0n) is 14.6. The Bertz CT molecular complexity index is 825. The van der Waals surface area contributed by atoms with Crippen LogP contribution in [0.15, 0.2) is 46.9 Å². The van der Waals surface area contributed by atoms with Crippen molar-refractivity contribution >= 4 is 44.9 Å². The normalized spacial score (nSPS) is 12.6. The van der Waals surface area contributed by atoms with Gasteiger partial charge in [-0.3, -0.25) is 10.1 Å². The molecule has 3 rings (SSSR count). The summed E-state index contributed by atoms with van der Waals surface area (Å²) in [4.78, 5) is 14.5. The van der Waals surface area contributed by atoms with Crippen LogP contribution in [0.4, 0.5) is 5.69 Å².